The average Bonchev–Trinajstić information content (AvgIpc) is 2.78. The van der Waals surface area contributed by atoms with Crippen LogP contribution in [0.2, 0.25) is 0 Å². The molecule has 0 saturated carbocycles. The molecule has 4 nitrogen and oxygen atoms in total. The minimum Gasteiger partial charge on any atom is -0.398 e. The van der Waals surface area contributed by atoms with E-state index < -0.39 is 0 Å². The fraction of sp³-hybridized carbons (Fsp3) is 0.533. The smallest absolute Gasteiger partial charge is 0.254 e. The maximum absolute atomic E-state index is 12.6. The molecule has 0 spiro atoms. The Hall–Kier alpha value is -1.07. The van der Waals surface area contributed by atoms with E-state index in [-0.39, 0.29) is 5.91 Å². The lowest BCUT2D eigenvalue weighted by molar-refractivity contribution is 0.0761. The van der Waals surface area contributed by atoms with Crippen LogP contribution in [0.1, 0.15) is 28.8 Å². The second-order valence-electron chi connectivity index (χ2n) is 5.63. The van der Waals surface area contributed by atoms with Gasteiger partial charge in [0.1, 0.15) is 0 Å². The van der Waals surface area contributed by atoms with Crippen LogP contribution in [0.5, 0.6) is 0 Å². The normalized spacial score (nSPS) is 19.3. The number of nitrogens with two attached hydrogens (primary N) is 1. The Labute approximate surface area is 129 Å². The molecule has 1 amide bonds. The molecule has 0 bridgehead atoms. The number of likely N-dealkylation sites (N-methyl/N-ethyl adjacent to an activating group) is 2. The second kappa shape index (κ2) is 6.14. The van der Waals surface area contributed by atoms with Gasteiger partial charge >= 0.3 is 0 Å². The van der Waals surface area contributed by atoms with Crippen LogP contribution < -0.4 is 5.73 Å². The molecule has 2 rings (SSSR count). The Bertz CT molecular complexity index is 518. The van der Waals surface area contributed by atoms with Crippen LogP contribution >= 0.6 is 15.9 Å². The van der Waals surface area contributed by atoms with Gasteiger partial charge in [0.2, 0.25) is 0 Å². The number of benzene rings is 1. The highest BCUT2D eigenvalue weighted by molar-refractivity contribution is 9.10. The number of carbonyl (C=O) groups excluding carboxylic acids is 1. The van der Waals surface area contributed by atoms with E-state index in [0.717, 1.165) is 29.5 Å². The second-order valence-corrected chi connectivity index (χ2v) is 6.55. The minimum absolute atomic E-state index is 0.0378. The number of hydrogen-bond acceptors (Lipinski definition) is 3. The number of anilines is 1. The summed E-state index contributed by atoms with van der Waals surface area (Å²) in [6.45, 7) is 3.78. The lowest BCUT2D eigenvalue weighted by Gasteiger charge is -2.26. The third-order valence-corrected chi connectivity index (χ3v) is 4.60. The van der Waals surface area contributed by atoms with Gasteiger partial charge in [0.25, 0.3) is 5.91 Å². The minimum atomic E-state index is 0.0378. The molecule has 1 saturated heterocycles. The van der Waals surface area contributed by atoms with Crippen molar-refractivity contribution in [2.75, 3.05) is 32.9 Å². The lowest BCUT2D eigenvalue weighted by atomic mass is 10.1. The molecule has 2 N–H and O–H groups in total. The lowest BCUT2D eigenvalue weighted by Crippen LogP contribution is -2.39. The van der Waals surface area contributed by atoms with Crippen LogP contribution in [0.4, 0.5) is 5.69 Å². The Morgan fingerprint density at radius 3 is 2.85 bits per heavy atom. The molecule has 110 valence electrons. The molecule has 0 aliphatic carbocycles. The highest BCUT2D eigenvalue weighted by Gasteiger charge is 2.25. The maximum atomic E-state index is 12.6. The maximum Gasteiger partial charge on any atom is 0.254 e. The third kappa shape index (κ3) is 3.15. The van der Waals surface area contributed by atoms with Crippen molar-refractivity contribution in [1.82, 2.24) is 9.80 Å². The summed E-state index contributed by atoms with van der Waals surface area (Å²) in [5.41, 5.74) is 8.12. The number of carbonyl (C=O) groups is 1. The van der Waals surface area contributed by atoms with Gasteiger partial charge in [-0.25, -0.2) is 0 Å². The number of nitrogens with zero attached hydrogens (tertiary/aromatic N) is 2. The molecule has 1 atom stereocenters. The van der Waals surface area contributed by atoms with Crippen LogP contribution in [-0.2, 0) is 0 Å². The van der Waals surface area contributed by atoms with E-state index in [4.69, 9.17) is 5.73 Å². The van der Waals surface area contributed by atoms with Crippen LogP contribution in [0.15, 0.2) is 16.6 Å². The summed E-state index contributed by atoms with van der Waals surface area (Å²) in [6, 6.07) is 4.15. The zero-order chi connectivity index (χ0) is 14.9. The van der Waals surface area contributed by atoms with E-state index in [1.807, 2.05) is 26.1 Å². The largest absolute Gasteiger partial charge is 0.398 e. The summed E-state index contributed by atoms with van der Waals surface area (Å²) < 4.78 is 0.843. The van der Waals surface area contributed by atoms with Gasteiger partial charge in [-0.15, -0.1) is 0 Å². The van der Waals surface area contributed by atoms with Gasteiger partial charge in [-0.3, -0.25) is 4.79 Å². The molecule has 1 fully saturated rings. The van der Waals surface area contributed by atoms with E-state index in [0.29, 0.717) is 17.3 Å². The summed E-state index contributed by atoms with van der Waals surface area (Å²) in [6.07, 6.45) is 2.37. The van der Waals surface area contributed by atoms with Gasteiger partial charge < -0.3 is 15.5 Å². The Morgan fingerprint density at radius 2 is 2.25 bits per heavy atom. The van der Waals surface area contributed by atoms with Crippen LogP contribution in [0.3, 0.4) is 0 Å². The fourth-order valence-corrected chi connectivity index (χ4v) is 3.21. The van der Waals surface area contributed by atoms with E-state index >= 15 is 0 Å². The number of halogens is 1. The highest BCUT2D eigenvalue weighted by atomic mass is 79.9. The van der Waals surface area contributed by atoms with E-state index in [1.165, 1.54) is 6.42 Å². The molecule has 1 aliphatic heterocycles. The van der Waals surface area contributed by atoms with Gasteiger partial charge in [0.05, 0.1) is 0 Å². The summed E-state index contributed by atoms with van der Waals surface area (Å²) >= 11 is 3.40. The van der Waals surface area contributed by atoms with Crippen molar-refractivity contribution in [1.29, 1.82) is 0 Å². The highest BCUT2D eigenvalue weighted by Crippen LogP contribution is 2.24. The first-order valence-corrected chi connectivity index (χ1v) is 7.70. The molecule has 1 aliphatic rings. The zero-order valence-corrected chi connectivity index (χ0v) is 13.9. The molecule has 1 heterocycles. The molecule has 1 aromatic carbocycles. The van der Waals surface area contributed by atoms with E-state index in [2.05, 4.69) is 27.9 Å². The van der Waals surface area contributed by atoms with Gasteiger partial charge in [0, 0.05) is 35.4 Å². The topological polar surface area (TPSA) is 49.6 Å². The Balaban J connectivity index is 2.14. The number of hydrogen-bond donors (Lipinski definition) is 1. The summed E-state index contributed by atoms with van der Waals surface area (Å²) in [5.74, 6) is 0.0378. The molecular formula is C15H22BrN3O. The fourth-order valence-electron chi connectivity index (χ4n) is 2.74. The van der Waals surface area contributed by atoms with Crippen molar-refractivity contribution < 1.29 is 4.79 Å². The number of amides is 1. The SMILES string of the molecule is Cc1c(N)cc(Br)cc1C(=O)N(C)CC1CCCN1C. The molecule has 0 radical (unpaired) electrons. The Kier molecular flexibility index (Phi) is 4.70. The van der Waals surface area contributed by atoms with Crippen LogP contribution in [-0.4, -0.2) is 48.9 Å². The molecule has 5 heteroatoms. The number of nitrogen functional groups attached to an aromatic ring is 1. The summed E-state index contributed by atoms with van der Waals surface area (Å²) in [5, 5.41) is 0. The predicted octanol–water partition coefficient (Wildman–Crippen LogP) is 2.51. The van der Waals surface area contributed by atoms with Gasteiger partial charge in [-0.05, 0) is 51.1 Å². The van der Waals surface area contributed by atoms with Crippen molar-refractivity contribution in [2.24, 2.45) is 0 Å². The number of likely N-dealkylation sites (tertiary alicyclic amines) is 1. The van der Waals surface area contributed by atoms with Crippen molar-refractivity contribution in [3.05, 3.63) is 27.7 Å². The van der Waals surface area contributed by atoms with Crippen molar-refractivity contribution in [2.45, 2.75) is 25.8 Å². The molecule has 20 heavy (non-hydrogen) atoms. The van der Waals surface area contributed by atoms with Gasteiger partial charge in [0.15, 0.2) is 0 Å². The number of rotatable bonds is 3. The Morgan fingerprint density at radius 1 is 1.55 bits per heavy atom. The molecular weight excluding hydrogens is 318 g/mol. The molecule has 0 aromatic heterocycles. The zero-order valence-electron chi connectivity index (χ0n) is 12.3. The van der Waals surface area contributed by atoms with E-state index in [9.17, 15) is 4.79 Å². The van der Waals surface area contributed by atoms with Gasteiger partial charge in [-0.1, -0.05) is 15.9 Å². The first-order chi connectivity index (χ1) is 9.40. The van der Waals surface area contributed by atoms with Crippen molar-refractivity contribution >= 4 is 27.5 Å². The molecule has 1 unspecified atom stereocenters. The first kappa shape index (κ1) is 15.3. The van der Waals surface area contributed by atoms with Crippen LogP contribution in [0, 0.1) is 6.92 Å². The average molecular weight is 340 g/mol. The standard InChI is InChI=1S/C15H22BrN3O/c1-10-13(7-11(16)8-14(10)17)15(20)19(3)9-12-5-4-6-18(12)2/h7-8,12H,4-6,9,17H2,1-3H3. The first-order valence-electron chi connectivity index (χ1n) is 6.91. The van der Waals surface area contributed by atoms with Gasteiger partial charge in [-0.2, -0.15) is 0 Å². The van der Waals surface area contributed by atoms with Crippen LogP contribution in [0.25, 0.3) is 0 Å². The monoisotopic (exact) mass is 339 g/mol. The quantitative estimate of drug-likeness (QED) is 0.860. The van der Waals surface area contributed by atoms with E-state index in [1.54, 1.807) is 4.90 Å². The summed E-state index contributed by atoms with van der Waals surface area (Å²) in [4.78, 5) is 16.7. The molecule has 1 aromatic rings. The summed E-state index contributed by atoms with van der Waals surface area (Å²) in [7, 11) is 3.99. The third-order valence-electron chi connectivity index (χ3n) is 4.15. The van der Waals surface area contributed by atoms with Crippen molar-refractivity contribution in [3.8, 4) is 0 Å². The predicted molar refractivity (Wildman–Crippen MR) is 85.9 cm³/mol. The van der Waals surface area contributed by atoms with Crippen molar-refractivity contribution in [3.63, 3.8) is 0 Å².